The average molecular weight is 254 g/mol. The lowest BCUT2D eigenvalue weighted by Gasteiger charge is -2.06. The number of nitrogens with one attached hydrogen (secondary N) is 1. The minimum Gasteiger partial charge on any atom is -0.352 e. The predicted molar refractivity (Wildman–Crippen MR) is 76.1 cm³/mol. The van der Waals surface area contributed by atoms with E-state index in [0.717, 1.165) is 12.8 Å². The van der Waals surface area contributed by atoms with Gasteiger partial charge in [-0.25, -0.2) is 0 Å². The lowest BCUT2D eigenvalue weighted by Crippen LogP contribution is -2.25. The van der Waals surface area contributed by atoms with Crippen molar-refractivity contribution in [3.8, 4) is 0 Å². The van der Waals surface area contributed by atoms with Gasteiger partial charge in [-0.05, 0) is 36.1 Å². The van der Waals surface area contributed by atoms with E-state index < -0.39 is 0 Å². The van der Waals surface area contributed by atoms with Crippen LogP contribution in [-0.4, -0.2) is 17.4 Å². The number of aromatic nitrogens is 1. The first-order valence-corrected chi connectivity index (χ1v) is 6.55. The number of rotatable bonds is 5. The zero-order valence-corrected chi connectivity index (χ0v) is 11.1. The van der Waals surface area contributed by atoms with Crippen molar-refractivity contribution in [1.82, 2.24) is 10.3 Å². The van der Waals surface area contributed by atoms with E-state index in [1.807, 2.05) is 0 Å². The molecule has 0 saturated heterocycles. The minimum atomic E-state index is -0.0485. The number of hydrogen-bond acceptors (Lipinski definition) is 2. The molecule has 0 aliphatic rings. The van der Waals surface area contributed by atoms with Crippen molar-refractivity contribution in [3.63, 3.8) is 0 Å². The van der Waals surface area contributed by atoms with Crippen LogP contribution in [0.25, 0.3) is 0 Å². The summed E-state index contributed by atoms with van der Waals surface area (Å²) in [6.07, 6.45) is 5.15. The molecule has 0 saturated carbocycles. The van der Waals surface area contributed by atoms with Crippen LogP contribution in [0.3, 0.4) is 0 Å². The molecule has 98 valence electrons. The van der Waals surface area contributed by atoms with Gasteiger partial charge in [-0.3, -0.25) is 9.78 Å². The molecule has 1 amide bonds. The summed E-state index contributed by atoms with van der Waals surface area (Å²) in [4.78, 5) is 15.7. The van der Waals surface area contributed by atoms with Gasteiger partial charge in [0.1, 0.15) is 0 Å². The van der Waals surface area contributed by atoms with Gasteiger partial charge in [0.05, 0.1) is 0 Å². The molecule has 0 bridgehead atoms. The highest BCUT2D eigenvalue weighted by Gasteiger charge is 2.03. The van der Waals surface area contributed by atoms with Gasteiger partial charge in [-0.1, -0.05) is 31.2 Å². The Bertz CT molecular complexity index is 520. The zero-order chi connectivity index (χ0) is 13.5. The predicted octanol–water partition coefficient (Wildman–Crippen LogP) is 2.62. The van der Waals surface area contributed by atoms with Gasteiger partial charge in [0.15, 0.2) is 0 Å². The fourth-order valence-electron chi connectivity index (χ4n) is 1.87. The van der Waals surface area contributed by atoms with Gasteiger partial charge >= 0.3 is 0 Å². The summed E-state index contributed by atoms with van der Waals surface area (Å²) in [5.41, 5.74) is 3.23. The van der Waals surface area contributed by atoms with Gasteiger partial charge in [0.2, 0.25) is 0 Å². The van der Waals surface area contributed by atoms with Crippen LogP contribution in [0, 0.1) is 0 Å². The molecule has 1 heterocycles. The molecule has 3 nitrogen and oxygen atoms in total. The highest BCUT2D eigenvalue weighted by atomic mass is 16.1. The maximum absolute atomic E-state index is 11.8. The SMILES string of the molecule is CCc1ccc(CCNC(=O)c2ccncc2)cc1. The second kappa shape index (κ2) is 6.69. The second-order valence-corrected chi connectivity index (χ2v) is 4.41. The molecule has 0 unspecified atom stereocenters. The molecule has 0 aliphatic carbocycles. The Hall–Kier alpha value is -2.16. The van der Waals surface area contributed by atoms with Gasteiger partial charge < -0.3 is 5.32 Å². The molecule has 1 aromatic heterocycles. The van der Waals surface area contributed by atoms with E-state index in [4.69, 9.17) is 0 Å². The van der Waals surface area contributed by atoms with Crippen molar-refractivity contribution in [2.45, 2.75) is 19.8 Å². The standard InChI is InChI=1S/C16H18N2O/c1-2-13-3-5-14(6-4-13)7-12-18-16(19)15-8-10-17-11-9-15/h3-6,8-11H,2,7,12H2,1H3,(H,18,19). The summed E-state index contributed by atoms with van der Waals surface area (Å²) in [7, 11) is 0. The molecule has 1 aromatic carbocycles. The molecular weight excluding hydrogens is 236 g/mol. The van der Waals surface area contributed by atoms with Crippen molar-refractivity contribution in [2.24, 2.45) is 0 Å². The quantitative estimate of drug-likeness (QED) is 0.891. The van der Waals surface area contributed by atoms with Crippen LogP contribution < -0.4 is 5.32 Å². The maximum Gasteiger partial charge on any atom is 0.251 e. The lowest BCUT2D eigenvalue weighted by molar-refractivity contribution is 0.0954. The first-order valence-electron chi connectivity index (χ1n) is 6.55. The molecule has 0 atom stereocenters. The summed E-state index contributed by atoms with van der Waals surface area (Å²) < 4.78 is 0. The van der Waals surface area contributed by atoms with Crippen molar-refractivity contribution < 1.29 is 4.79 Å². The average Bonchev–Trinajstić information content (AvgIpc) is 2.49. The van der Waals surface area contributed by atoms with Crippen LogP contribution in [0.1, 0.15) is 28.4 Å². The Morgan fingerprint density at radius 3 is 2.32 bits per heavy atom. The fourth-order valence-corrected chi connectivity index (χ4v) is 1.87. The third-order valence-electron chi connectivity index (χ3n) is 3.07. The molecule has 0 radical (unpaired) electrons. The van der Waals surface area contributed by atoms with E-state index in [2.05, 4.69) is 41.5 Å². The monoisotopic (exact) mass is 254 g/mol. The number of hydrogen-bond donors (Lipinski definition) is 1. The largest absolute Gasteiger partial charge is 0.352 e. The highest BCUT2D eigenvalue weighted by Crippen LogP contribution is 2.05. The van der Waals surface area contributed by atoms with Crippen LogP contribution in [0.2, 0.25) is 0 Å². The third kappa shape index (κ3) is 3.91. The van der Waals surface area contributed by atoms with Crippen molar-refractivity contribution in [3.05, 3.63) is 65.5 Å². The normalized spacial score (nSPS) is 10.2. The van der Waals surface area contributed by atoms with Gasteiger partial charge in [0.25, 0.3) is 5.91 Å². The molecular formula is C16H18N2O. The number of carbonyl (C=O) groups excluding carboxylic acids is 1. The maximum atomic E-state index is 11.8. The number of pyridine rings is 1. The van der Waals surface area contributed by atoms with E-state index in [1.54, 1.807) is 24.5 Å². The zero-order valence-electron chi connectivity index (χ0n) is 11.1. The Morgan fingerprint density at radius 2 is 1.68 bits per heavy atom. The molecule has 19 heavy (non-hydrogen) atoms. The first kappa shape index (κ1) is 13.3. The van der Waals surface area contributed by atoms with E-state index in [-0.39, 0.29) is 5.91 Å². The Balaban J connectivity index is 1.81. The van der Waals surface area contributed by atoms with Crippen molar-refractivity contribution in [2.75, 3.05) is 6.54 Å². The summed E-state index contributed by atoms with van der Waals surface area (Å²) in [6.45, 7) is 2.79. The molecule has 0 fully saturated rings. The topological polar surface area (TPSA) is 42.0 Å². The van der Waals surface area contributed by atoms with Gasteiger partial charge in [-0.15, -0.1) is 0 Å². The number of benzene rings is 1. The minimum absolute atomic E-state index is 0.0485. The van der Waals surface area contributed by atoms with Crippen LogP contribution in [0.4, 0.5) is 0 Å². The van der Waals surface area contributed by atoms with Gasteiger partial charge in [-0.2, -0.15) is 0 Å². The summed E-state index contributed by atoms with van der Waals surface area (Å²) in [5.74, 6) is -0.0485. The Morgan fingerprint density at radius 1 is 1.05 bits per heavy atom. The third-order valence-corrected chi connectivity index (χ3v) is 3.07. The molecule has 3 heteroatoms. The summed E-state index contributed by atoms with van der Waals surface area (Å²) >= 11 is 0. The molecule has 1 N–H and O–H groups in total. The molecule has 0 aliphatic heterocycles. The first-order chi connectivity index (χ1) is 9.29. The Kier molecular flexibility index (Phi) is 4.67. The van der Waals surface area contributed by atoms with Gasteiger partial charge in [0, 0.05) is 24.5 Å². The number of nitrogens with zero attached hydrogens (tertiary/aromatic N) is 1. The lowest BCUT2D eigenvalue weighted by atomic mass is 10.1. The fraction of sp³-hybridized carbons (Fsp3) is 0.250. The van der Waals surface area contributed by atoms with E-state index in [1.165, 1.54) is 11.1 Å². The smallest absolute Gasteiger partial charge is 0.251 e. The second-order valence-electron chi connectivity index (χ2n) is 4.41. The molecule has 2 rings (SSSR count). The van der Waals surface area contributed by atoms with Crippen LogP contribution in [-0.2, 0) is 12.8 Å². The number of amides is 1. The van der Waals surface area contributed by atoms with E-state index in [9.17, 15) is 4.79 Å². The Labute approximate surface area is 113 Å². The summed E-state index contributed by atoms with van der Waals surface area (Å²) in [6, 6.07) is 12.0. The highest BCUT2D eigenvalue weighted by molar-refractivity contribution is 5.93. The van der Waals surface area contributed by atoms with E-state index in [0.29, 0.717) is 12.1 Å². The van der Waals surface area contributed by atoms with Crippen LogP contribution in [0.5, 0.6) is 0 Å². The van der Waals surface area contributed by atoms with Crippen molar-refractivity contribution in [1.29, 1.82) is 0 Å². The number of carbonyl (C=O) groups is 1. The van der Waals surface area contributed by atoms with Crippen molar-refractivity contribution >= 4 is 5.91 Å². The number of aryl methyl sites for hydroxylation is 1. The van der Waals surface area contributed by atoms with E-state index >= 15 is 0 Å². The van der Waals surface area contributed by atoms with Crippen LogP contribution >= 0.6 is 0 Å². The summed E-state index contributed by atoms with van der Waals surface area (Å²) in [5, 5.41) is 2.91. The van der Waals surface area contributed by atoms with Crippen LogP contribution in [0.15, 0.2) is 48.8 Å². The molecule has 0 spiro atoms. The molecule has 2 aromatic rings.